The van der Waals surface area contributed by atoms with Gasteiger partial charge in [0.15, 0.2) is 0 Å². The third-order valence-corrected chi connectivity index (χ3v) is 4.50. The van der Waals surface area contributed by atoms with Crippen molar-refractivity contribution in [3.63, 3.8) is 0 Å². The molecule has 0 aromatic carbocycles. The average Bonchev–Trinajstić information content (AvgIpc) is 3.08. The Morgan fingerprint density at radius 3 is 2.71 bits per heavy atom. The van der Waals surface area contributed by atoms with Crippen LogP contribution in [0.3, 0.4) is 0 Å². The number of hydrogen-bond acceptors (Lipinski definition) is 4. The van der Waals surface area contributed by atoms with Crippen molar-refractivity contribution in [3.8, 4) is 0 Å². The van der Waals surface area contributed by atoms with E-state index in [0.717, 1.165) is 12.8 Å². The lowest BCUT2D eigenvalue weighted by Gasteiger charge is -2.21. The van der Waals surface area contributed by atoms with Crippen LogP contribution in [0.15, 0.2) is 22.8 Å². The first-order valence-corrected chi connectivity index (χ1v) is 8.82. The molecule has 134 valence electrons. The van der Waals surface area contributed by atoms with E-state index in [1.807, 2.05) is 6.92 Å². The van der Waals surface area contributed by atoms with Gasteiger partial charge in [0.1, 0.15) is 11.9 Å². The Hall–Kier alpha value is -1.82. The Kier molecular flexibility index (Phi) is 7.31. The molecule has 3 N–H and O–H groups in total. The summed E-state index contributed by atoms with van der Waals surface area (Å²) in [7, 11) is 0. The summed E-state index contributed by atoms with van der Waals surface area (Å²) in [5.41, 5.74) is 0. The van der Waals surface area contributed by atoms with Crippen molar-refractivity contribution in [1.29, 1.82) is 0 Å². The minimum Gasteiger partial charge on any atom is -0.467 e. The van der Waals surface area contributed by atoms with E-state index in [1.165, 1.54) is 25.5 Å². The number of carbonyl (C=O) groups is 2. The first-order valence-electron chi connectivity index (χ1n) is 8.82. The van der Waals surface area contributed by atoms with Crippen LogP contribution in [-0.4, -0.2) is 29.5 Å². The summed E-state index contributed by atoms with van der Waals surface area (Å²) in [4.78, 5) is 23.8. The van der Waals surface area contributed by atoms with Crippen LogP contribution in [0.4, 0.5) is 0 Å². The van der Waals surface area contributed by atoms with Gasteiger partial charge in [-0.2, -0.15) is 0 Å². The molecule has 1 fully saturated rings. The maximum atomic E-state index is 11.9. The summed E-state index contributed by atoms with van der Waals surface area (Å²) in [5, 5.41) is 15.4. The highest BCUT2D eigenvalue weighted by Crippen LogP contribution is 2.26. The number of nitrogens with one attached hydrogen (secondary N) is 2. The van der Waals surface area contributed by atoms with E-state index in [2.05, 4.69) is 10.6 Å². The lowest BCUT2D eigenvalue weighted by atomic mass is 9.87. The number of rotatable bonds is 8. The molecule has 1 aliphatic carbocycles. The molecular formula is C18H28N2O4. The van der Waals surface area contributed by atoms with Crippen molar-refractivity contribution >= 4 is 11.8 Å². The van der Waals surface area contributed by atoms with Gasteiger partial charge in [0, 0.05) is 18.9 Å². The molecule has 1 heterocycles. The van der Waals surface area contributed by atoms with E-state index < -0.39 is 6.10 Å². The molecule has 1 aliphatic rings. The number of furan rings is 1. The van der Waals surface area contributed by atoms with Crippen molar-refractivity contribution in [3.05, 3.63) is 24.2 Å². The van der Waals surface area contributed by atoms with Gasteiger partial charge >= 0.3 is 0 Å². The molecule has 2 amide bonds. The van der Waals surface area contributed by atoms with Crippen LogP contribution in [0, 0.1) is 5.92 Å². The lowest BCUT2D eigenvalue weighted by molar-refractivity contribution is -0.127. The van der Waals surface area contributed by atoms with E-state index in [1.54, 1.807) is 12.1 Å². The number of aliphatic hydroxyl groups is 1. The minimum absolute atomic E-state index is 0.0211. The number of amides is 2. The predicted molar refractivity (Wildman–Crippen MR) is 90.1 cm³/mol. The third kappa shape index (κ3) is 6.35. The molecule has 0 spiro atoms. The Morgan fingerprint density at radius 1 is 1.29 bits per heavy atom. The number of aliphatic hydroxyl groups excluding tert-OH is 1. The highest BCUT2D eigenvalue weighted by atomic mass is 16.4. The van der Waals surface area contributed by atoms with Crippen LogP contribution in [0.25, 0.3) is 0 Å². The van der Waals surface area contributed by atoms with Crippen molar-refractivity contribution in [2.24, 2.45) is 5.92 Å². The second-order valence-electron chi connectivity index (χ2n) is 6.72. The molecule has 1 aromatic heterocycles. The van der Waals surface area contributed by atoms with Crippen LogP contribution in [0.5, 0.6) is 0 Å². The molecule has 0 aliphatic heterocycles. The summed E-state index contributed by atoms with van der Waals surface area (Å²) < 4.78 is 5.13. The molecule has 0 radical (unpaired) electrons. The number of carbonyl (C=O) groups excluding carboxylic acids is 2. The van der Waals surface area contributed by atoms with Gasteiger partial charge < -0.3 is 20.2 Å². The SMILES string of the molecule is CC(CC(O)c1ccco1)NC(=O)CNC(=O)CC1CCCCC1. The van der Waals surface area contributed by atoms with Gasteiger partial charge in [0.2, 0.25) is 11.8 Å². The fourth-order valence-corrected chi connectivity index (χ4v) is 3.22. The topological polar surface area (TPSA) is 91.6 Å². The molecule has 2 rings (SSSR count). The van der Waals surface area contributed by atoms with Gasteiger partial charge in [-0.25, -0.2) is 0 Å². The fourth-order valence-electron chi connectivity index (χ4n) is 3.22. The summed E-state index contributed by atoms with van der Waals surface area (Å²) >= 11 is 0. The lowest BCUT2D eigenvalue weighted by Crippen LogP contribution is -2.41. The quantitative estimate of drug-likeness (QED) is 0.679. The summed E-state index contributed by atoms with van der Waals surface area (Å²) in [6, 6.07) is 3.20. The van der Waals surface area contributed by atoms with E-state index in [-0.39, 0.29) is 24.4 Å². The summed E-state index contributed by atoms with van der Waals surface area (Å²) in [6.07, 6.45) is 7.52. The van der Waals surface area contributed by atoms with Gasteiger partial charge in [-0.05, 0) is 37.8 Å². The molecule has 2 atom stereocenters. The minimum atomic E-state index is -0.754. The molecule has 6 nitrogen and oxygen atoms in total. The predicted octanol–water partition coefficient (Wildman–Crippen LogP) is 2.29. The summed E-state index contributed by atoms with van der Waals surface area (Å²) in [5.74, 6) is 0.646. The Balaban J connectivity index is 1.62. The van der Waals surface area contributed by atoms with E-state index in [9.17, 15) is 14.7 Å². The normalized spacial score (nSPS) is 17.9. The average molecular weight is 336 g/mol. The maximum absolute atomic E-state index is 11.9. The smallest absolute Gasteiger partial charge is 0.239 e. The Bertz CT molecular complexity index is 509. The van der Waals surface area contributed by atoms with E-state index >= 15 is 0 Å². The second-order valence-corrected chi connectivity index (χ2v) is 6.72. The van der Waals surface area contributed by atoms with Gasteiger partial charge in [-0.15, -0.1) is 0 Å². The van der Waals surface area contributed by atoms with Gasteiger partial charge in [0.25, 0.3) is 0 Å². The largest absolute Gasteiger partial charge is 0.467 e. The summed E-state index contributed by atoms with van der Waals surface area (Å²) in [6.45, 7) is 1.79. The molecule has 24 heavy (non-hydrogen) atoms. The standard InChI is InChI=1S/C18H28N2O4/c1-13(10-15(21)16-8-5-9-24-16)20-18(23)12-19-17(22)11-14-6-3-2-4-7-14/h5,8-9,13-15,21H,2-4,6-7,10-12H2,1H3,(H,19,22)(H,20,23). The van der Waals surface area contributed by atoms with E-state index in [0.29, 0.717) is 24.5 Å². The zero-order valence-corrected chi connectivity index (χ0v) is 14.3. The highest BCUT2D eigenvalue weighted by Gasteiger charge is 2.19. The van der Waals surface area contributed by atoms with Crippen molar-refractivity contribution in [1.82, 2.24) is 10.6 Å². The molecule has 1 saturated carbocycles. The zero-order valence-electron chi connectivity index (χ0n) is 14.3. The van der Waals surface area contributed by atoms with Crippen LogP contribution >= 0.6 is 0 Å². The van der Waals surface area contributed by atoms with Gasteiger partial charge in [-0.3, -0.25) is 9.59 Å². The zero-order chi connectivity index (χ0) is 17.4. The van der Waals surface area contributed by atoms with Crippen LogP contribution in [0.1, 0.15) is 63.7 Å². The van der Waals surface area contributed by atoms with Gasteiger partial charge in [0.05, 0.1) is 12.8 Å². The third-order valence-electron chi connectivity index (χ3n) is 4.50. The van der Waals surface area contributed by atoms with Crippen LogP contribution < -0.4 is 10.6 Å². The van der Waals surface area contributed by atoms with Crippen molar-refractivity contribution in [2.75, 3.05) is 6.54 Å². The molecule has 0 bridgehead atoms. The van der Waals surface area contributed by atoms with E-state index in [4.69, 9.17) is 4.42 Å². The van der Waals surface area contributed by atoms with Crippen molar-refractivity contribution < 1.29 is 19.1 Å². The molecular weight excluding hydrogens is 308 g/mol. The van der Waals surface area contributed by atoms with Crippen LogP contribution in [-0.2, 0) is 9.59 Å². The Morgan fingerprint density at radius 2 is 2.04 bits per heavy atom. The van der Waals surface area contributed by atoms with Crippen LogP contribution in [0.2, 0.25) is 0 Å². The van der Waals surface area contributed by atoms with Crippen molar-refractivity contribution in [2.45, 2.75) is 64.0 Å². The molecule has 2 unspecified atom stereocenters. The first kappa shape index (κ1) is 18.5. The highest BCUT2D eigenvalue weighted by molar-refractivity contribution is 5.84. The molecule has 0 saturated heterocycles. The fraction of sp³-hybridized carbons (Fsp3) is 0.667. The monoisotopic (exact) mass is 336 g/mol. The first-order chi connectivity index (χ1) is 11.5. The molecule has 1 aromatic rings. The second kappa shape index (κ2) is 9.47. The number of hydrogen-bond donors (Lipinski definition) is 3. The van der Waals surface area contributed by atoms with Gasteiger partial charge in [-0.1, -0.05) is 19.3 Å². The Labute approximate surface area is 143 Å². The maximum Gasteiger partial charge on any atom is 0.239 e. The molecule has 6 heteroatoms.